The first-order chi connectivity index (χ1) is 10.7. The summed E-state index contributed by atoms with van der Waals surface area (Å²) in [5, 5.41) is 8.45. The van der Waals surface area contributed by atoms with Crippen LogP contribution in [0.2, 0.25) is 0 Å². The molecule has 3 heteroatoms. The number of hydrogen-bond acceptors (Lipinski definition) is 3. The van der Waals surface area contributed by atoms with Gasteiger partial charge in [-0.3, -0.25) is 4.79 Å². The van der Waals surface area contributed by atoms with E-state index in [1.54, 1.807) is 0 Å². The SMILES string of the molecule is CNc1ccc2c(c1)C(=O)c1cccc3c(NC)ccc-2c13. The summed E-state index contributed by atoms with van der Waals surface area (Å²) in [6.45, 7) is 0. The molecule has 0 unspecified atom stereocenters. The Balaban J connectivity index is 2.14. The predicted molar refractivity (Wildman–Crippen MR) is 91.9 cm³/mol. The third-order valence-electron chi connectivity index (χ3n) is 4.40. The number of rotatable bonds is 2. The summed E-state index contributed by atoms with van der Waals surface area (Å²) in [4.78, 5) is 12.9. The van der Waals surface area contributed by atoms with Gasteiger partial charge in [-0.15, -0.1) is 0 Å². The quantitative estimate of drug-likeness (QED) is 0.582. The molecular formula is C19H16N2O. The van der Waals surface area contributed by atoms with Crippen LogP contribution >= 0.6 is 0 Å². The van der Waals surface area contributed by atoms with Crippen LogP contribution in [-0.2, 0) is 0 Å². The number of benzene rings is 3. The van der Waals surface area contributed by atoms with E-state index in [2.05, 4.69) is 28.8 Å². The first-order valence-corrected chi connectivity index (χ1v) is 7.35. The van der Waals surface area contributed by atoms with E-state index in [4.69, 9.17) is 0 Å². The van der Waals surface area contributed by atoms with E-state index < -0.39 is 0 Å². The fraction of sp³-hybridized carbons (Fsp3) is 0.105. The minimum absolute atomic E-state index is 0.0958. The molecule has 0 aliphatic heterocycles. The third kappa shape index (κ3) is 1.59. The van der Waals surface area contributed by atoms with E-state index in [1.807, 2.05) is 44.4 Å². The molecule has 3 nitrogen and oxygen atoms in total. The maximum absolute atomic E-state index is 12.9. The summed E-state index contributed by atoms with van der Waals surface area (Å²) in [6.07, 6.45) is 0. The second kappa shape index (κ2) is 4.60. The van der Waals surface area contributed by atoms with Crippen molar-refractivity contribution in [3.05, 3.63) is 59.7 Å². The van der Waals surface area contributed by atoms with Crippen molar-refractivity contribution in [1.29, 1.82) is 0 Å². The van der Waals surface area contributed by atoms with Gasteiger partial charge < -0.3 is 10.6 Å². The van der Waals surface area contributed by atoms with E-state index in [9.17, 15) is 4.79 Å². The minimum Gasteiger partial charge on any atom is -0.388 e. The van der Waals surface area contributed by atoms with Crippen LogP contribution in [0.1, 0.15) is 15.9 Å². The molecule has 0 fully saturated rings. The molecular weight excluding hydrogens is 272 g/mol. The zero-order valence-corrected chi connectivity index (χ0v) is 12.5. The number of carbonyl (C=O) groups excluding carboxylic acids is 1. The van der Waals surface area contributed by atoms with Crippen LogP contribution in [0.4, 0.5) is 11.4 Å². The van der Waals surface area contributed by atoms with Crippen molar-refractivity contribution in [2.45, 2.75) is 0 Å². The molecule has 108 valence electrons. The second-order valence-corrected chi connectivity index (χ2v) is 5.48. The Morgan fingerprint density at radius 1 is 0.773 bits per heavy atom. The van der Waals surface area contributed by atoms with Gasteiger partial charge in [0.05, 0.1) is 0 Å². The fourth-order valence-corrected chi connectivity index (χ4v) is 3.31. The zero-order chi connectivity index (χ0) is 15.3. The Labute approximate surface area is 129 Å². The topological polar surface area (TPSA) is 41.1 Å². The maximum atomic E-state index is 12.9. The Hall–Kier alpha value is -2.81. The van der Waals surface area contributed by atoms with Crippen LogP contribution in [0.3, 0.4) is 0 Å². The van der Waals surface area contributed by atoms with Crippen LogP contribution in [0.5, 0.6) is 0 Å². The summed E-state index contributed by atoms with van der Waals surface area (Å²) >= 11 is 0. The van der Waals surface area contributed by atoms with Gasteiger partial charge in [0.2, 0.25) is 0 Å². The van der Waals surface area contributed by atoms with Gasteiger partial charge in [-0.25, -0.2) is 0 Å². The van der Waals surface area contributed by atoms with Crippen molar-refractivity contribution in [2.75, 3.05) is 24.7 Å². The summed E-state index contributed by atoms with van der Waals surface area (Å²) in [7, 11) is 3.77. The molecule has 1 aliphatic carbocycles. The summed E-state index contributed by atoms with van der Waals surface area (Å²) in [6, 6.07) is 16.1. The average Bonchev–Trinajstić information content (AvgIpc) is 2.58. The lowest BCUT2D eigenvalue weighted by molar-refractivity contribution is 0.104. The van der Waals surface area contributed by atoms with Gasteiger partial charge in [-0.1, -0.05) is 30.3 Å². The second-order valence-electron chi connectivity index (χ2n) is 5.48. The molecule has 3 aromatic rings. The number of hydrogen-bond donors (Lipinski definition) is 2. The highest BCUT2D eigenvalue weighted by atomic mass is 16.1. The molecule has 1 aliphatic rings. The van der Waals surface area contributed by atoms with Gasteiger partial charge in [0.1, 0.15) is 0 Å². The number of anilines is 2. The monoisotopic (exact) mass is 288 g/mol. The lowest BCUT2D eigenvalue weighted by atomic mass is 9.82. The highest BCUT2D eigenvalue weighted by Gasteiger charge is 2.25. The van der Waals surface area contributed by atoms with Gasteiger partial charge >= 0.3 is 0 Å². The molecule has 0 spiro atoms. The average molecular weight is 288 g/mol. The van der Waals surface area contributed by atoms with E-state index in [0.29, 0.717) is 0 Å². The van der Waals surface area contributed by atoms with Gasteiger partial charge in [0.15, 0.2) is 5.78 Å². The zero-order valence-electron chi connectivity index (χ0n) is 12.5. The van der Waals surface area contributed by atoms with Gasteiger partial charge in [-0.2, -0.15) is 0 Å². The van der Waals surface area contributed by atoms with E-state index in [0.717, 1.165) is 44.4 Å². The van der Waals surface area contributed by atoms with Crippen molar-refractivity contribution in [1.82, 2.24) is 0 Å². The molecule has 0 radical (unpaired) electrons. The molecule has 0 bridgehead atoms. The summed E-state index contributed by atoms with van der Waals surface area (Å²) < 4.78 is 0. The molecule has 22 heavy (non-hydrogen) atoms. The standard InChI is InChI=1S/C19H16N2O/c1-20-11-6-7-12-13-8-9-17(21-2)14-4-3-5-15(18(13)14)19(22)16(12)10-11/h3-10,20-21H,1-2H3. The van der Waals surface area contributed by atoms with Crippen LogP contribution in [-0.4, -0.2) is 19.9 Å². The first kappa shape index (κ1) is 12.9. The molecule has 0 amide bonds. The van der Waals surface area contributed by atoms with Crippen molar-refractivity contribution < 1.29 is 4.79 Å². The molecule has 3 aromatic carbocycles. The normalized spacial score (nSPS) is 12.2. The molecule has 0 heterocycles. The third-order valence-corrected chi connectivity index (χ3v) is 4.40. The molecule has 4 rings (SSSR count). The Morgan fingerprint density at radius 2 is 1.59 bits per heavy atom. The van der Waals surface area contributed by atoms with Crippen LogP contribution in [0.25, 0.3) is 21.9 Å². The number of nitrogens with one attached hydrogen (secondary N) is 2. The van der Waals surface area contributed by atoms with Gasteiger partial charge in [-0.05, 0) is 29.3 Å². The summed E-state index contributed by atoms with van der Waals surface area (Å²) in [5.41, 5.74) is 5.69. The lowest BCUT2D eigenvalue weighted by Gasteiger charge is -2.21. The maximum Gasteiger partial charge on any atom is 0.194 e. The van der Waals surface area contributed by atoms with Crippen molar-refractivity contribution >= 4 is 27.9 Å². The highest BCUT2D eigenvalue weighted by Crippen LogP contribution is 2.42. The Morgan fingerprint density at radius 3 is 2.36 bits per heavy atom. The lowest BCUT2D eigenvalue weighted by Crippen LogP contribution is -2.11. The highest BCUT2D eigenvalue weighted by molar-refractivity contribution is 6.27. The molecule has 0 aromatic heterocycles. The van der Waals surface area contributed by atoms with Crippen LogP contribution in [0, 0.1) is 0 Å². The van der Waals surface area contributed by atoms with Crippen LogP contribution < -0.4 is 10.6 Å². The smallest absolute Gasteiger partial charge is 0.194 e. The van der Waals surface area contributed by atoms with Gasteiger partial charge in [0.25, 0.3) is 0 Å². The van der Waals surface area contributed by atoms with Crippen molar-refractivity contribution in [2.24, 2.45) is 0 Å². The van der Waals surface area contributed by atoms with E-state index in [1.165, 1.54) is 0 Å². The number of ketones is 1. The first-order valence-electron chi connectivity index (χ1n) is 7.35. The molecule has 0 saturated carbocycles. The predicted octanol–water partition coefficient (Wildman–Crippen LogP) is 4.13. The number of carbonyl (C=O) groups is 1. The van der Waals surface area contributed by atoms with E-state index in [-0.39, 0.29) is 5.78 Å². The molecule has 0 saturated heterocycles. The molecule has 0 atom stereocenters. The summed E-state index contributed by atoms with van der Waals surface area (Å²) in [5.74, 6) is 0.0958. The largest absolute Gasteiger partial charge is 0.388 e. The Bertz CT molecular complexity index is 928. The number of fused-ring (bicyclic) bond motifs is 2. The molecule has 2 N–H and O–H groups in total. The Kier molecular flexibility index (Phi) is 2.70. The van der Waals surface area contributed by atoms with E-state index >= 15 is 0 Å². The van der Waals surface area contributed by atoms with Crippen molar-refractivity contribution in [3.63, 3.8) is 0 Å². The van der Waals surface area contributed by atoms with Crippen molar-refractivity contribution in [3.8, 4) is 11.1 Å². The van der Waals surface area contributed by atoms with Crippen LogP contribution in [0.15, 0.2) is 48.5 Å². The minimum atomic E-state index is 0.0958. The van der Waals surface area contributed by atoms with Gasteiger partial charge in [0, 0.05) is 47.4 Å². The fourth-order valence-electron chi connectivity index (χ4n) is 3.31.